The van der Waals surface area contributed by atoms with E-state index in [-0.39, 0.29) is 10.8 Å². The summed E-state index contributed by atoms with van der Waals surface area (Å²) in [5.41, 5.74) is 23.9. The summed E-state index contributed by atoms with van der Waals surface area (Å²) in [7, 11) is 0. The second-order valence-corrected chi connectivity index (χ2v) is 20.0. The molecule has 11 aromatic rings. The number of hydrogen-bond acceptors (Lipinski definition) is 1. The van der Waals surface area contributed by atoms with E-state index in [4.69, 9.17) is 0 Å². The number of fused-ring (bicyclic) bond motifs is 9. The summed E-state index contributed by atoms with van der Waals surface area (Å²) in [6, 6.07) is 88.0. The average molecular weight is 882 g/mol. The Kier molecular flexibility index (Phi) is 9.30. The van der Waals surface area contributed by atoms with E-state index in [1.165, 1.54) is 111 Å². The smallest absolute Gasteiger partial charge is 0.0540 e. The minimum atomic E-state index is -0.122. The Labute approximate surface area is 405 Å². The lowest BCUT2D eigenvalue weighted by Crippen LogP contribution is -2.16. The minimum absolute atomic E-state index is 0.0630. The predicted octanol–water partition coefficient (Wildman–Crippen LogP) is 18.7. The van der Waals surface area contributed by atoms with Gasteiger partial charge in [-0.1, -0.05) is 228 Å². The van der Waals surface area contributed by atoms with Crippen LogP contribution in [0.3, 0.4) is 0 Å². The highest BCUT2D eigenvalue weighted by atomic mass is 15.1. The van der Waals surface area contributed by atoms with E-state index in [0.717, 1.165) is 17.1 Å². The van der Waals surface area contributed by atoms with Crippen molar-refractivity contribution in [2.45, 2.75) is 38.5 Å². The van der Waals surface area contributed by atoms with E-state index in [9.17, 15) is 0 Å². The standard InChI is InChI=1S/C68H51N/c1-67(2)62-28-12-9-21-56(62)58-42-36-47(43-64(58)67)44-31-37-48(38-32-44)69(65-30-14-11-23-59(65)54-25-15-24-52-50-18-6-5-17-45(50)35-41-55(52)54)49-39-33-46(34-40-49)51-19-7-8-20-53(51)60-26-16-27-61-57-22-10-13-29-63(57)68(3,4)66(60)61/h5-43H,1-4H3. The molecule has 0 fully saturated rings. The zero-order valence-corrected chi connectivity index (χ0v) is 39.5. The van der Waals surface area contributed by atoms with Crippen molar-refractivity contribution in [2.24, 2.45) is 0 Å². The summed E-state index contributed by atoms with van der Waals surface area (Å²) in [6.07, 6.45) is 0. The molecule has 11 aromatic carbocycles. The summed E-state index contributed by atoms with van der Waals surface area (Å²) in [5, 5.41) is 5.02. The van der Waals surface area contributed by atoms with Crippen LogP contribution in [0.5, 0.6) is 0 Å². The molecule has 0 aliphatic heterocycles. The van der Waals surface area contributed by atoms with Crippen molar-refractivity contribution in [3.63, 3.8) is 0 Å². The van der Waals surface area contributed by atoms with Gasteiger partial charge in [0.25, 0.3) is 0 Å². The van der Waals surface area contributed by atoms with Crippen molar-refractivity contribution in [1.82, 2.24) is 0 Å². The first-order valence-electron chi connectivity index (χ1n) is 24.3. The topological polar surface area (TPSA) is 3.24 Å². The van der Waals surface area contributed by atoms with Crippen molar-refractivity contribution in [3.05, 3.63) is 259 Å². The molecule has 0 N–H and O–H groups in total. The maximum absolute atomic E-state index is 2.45. The Morgan fingerprint density at radius 3 is 1.51 bits per heavy atom. The molecule has 0 unspecified atom stereocenters. The number of benzene rings is 11. The van der Waals surface area contributed by atoms with Gasteiger partial charge < -0.3 is 4.90 Å². The van der Waals surface area contributed by atoms with Gasteiger partial charge >= 0.3 is 0 Å². The van der Waals surface area contributed by atoms with Crippen LogP contribution in [0.4, 0.5) is 17.1 Å². The van der Waals surface area contributed by atoms with Gasteiger partial charge in [-0.25, -0.2) is 0 Å². The van der Waals surface area contributed by atoms with Gasteiger partial charge in [-0.2, -0.15) is 0 Å². The van der Waals surface area contributed by atoms with Crippen LogP contribution in [-0.4, -0.2) is 0 Å². The molecule has 2 aliphatic rings. The van der Waals surface area contributed by atoms with Gasteiger partial charge in [0.15, 0.2) is 0 Å². The molecule has 13 rings (SSSR count). The highest BCUT2D eigenvalue weighted by molar-refractivity contribution is 6.13. The number of anilines is 3. The van der Waals surface area contributed by atoms with Gasteiger partial charge in [-0.3, -0.25) is 0 Å². The second kappa shape index (κ2) is 15.7. The highest BCUT2D eigenvalue weighted by Gasteiger charge is 2.38. The number of rotatable bonds is 7. The quantitative estimate of drug-likeness (QED) is 0.144. The molecule has 0 aromatic heterocycles. The van der Waals surface area contributed by atoms with Gasteiger partial charge in [-0.15, -0.1) is 0 Å². The lowest BCUT2D eigenvalue weighted by atomic mass is 9.78. The Morgan fingerprint density at radius 2 is 0.768 bits per heavy atom. The van der Waals surface area contributed by atoms with Crippen LogP contribution in [0.15, 0.2) is 237 Å². The molecular formula is C68H51N. The molecule has 0 spiro atoms. The van der Waals surface area contributed by atoms with Crippen LogP contribution in [-0.2, 0) is 10.8 Å². The van der Waals surface area contributed by atoms with E-state index in [1.54, 1.807) is 0 Å². The fraction of sp³-hybridized carbons (Fsp3) is 0.0882. The molecule has 0 heterocycles. The Balaban J connectivity index is 0.936. The maximum Gasteiger partial charge on any atom is 0.0540 e. The van der Waals surface area contributed by atoms with Crippen molar-refractivity contribution >= 4 is 38.6 Å². The molecule has 1 heteroatoms. The van der Waals surface area contributed by atoms with Gasteiger partial charge in [0.05, 0.1) is 5.69 Å². The van der Waals surface area contributed by atoms with Crippen LogP contribution >= 0.6 is 0 Å². The van der Waals surface area contributed by atoms with Crippen LogP contribution in [0, 0.1) is 0 Å². The third kappa shape index (κ3) is 6.38. The third-order valence-electron chi connectivity index (χ3n) is 15.5. The Bertz CT molecular complexity index is 3830. The molecule has 1 nitrogen and oxygen atoms in total. The summed E-state index contributed by atoms with van der Waals surface area (Å²) in [5.74, 6) is 0. The molecule has 0 bridgehead atoms. The highest BCUT2D eigenvalue weighted by Crippen LogP contribution is 2.54. The molecule has 0 saturated carbocycles. The number of hydrogen-bond donors (Lipinski definition) is 0. The average Bonchev–Trinajstić information content (AvgIpc) is 3.78. The molecular weight excluding hydrogens is 831 g/mol. The van der Waals surface area contributed by atoms with Gasteiger partial charge in [0, 0.05) is 27.8 Å². The van der Waals surface area contributed by atoms with Crippen molar-refractivity contribution < 1.29 is 0 Å². The largest absolute Gasteiger partial charge is 0.310 e. The van der Waals surface area contributed by atoms with E-state index in [1.807, 2.05) is 0 Å². The molecule has 2 aliphatic carbocycles. The summed E-state index contributed by atoms with van der Waals surface area (Å²) >= 11 is 0. The van der Waals surface area contributed by atoms with Gasteiger partial charge in [0.2, 0.25) is 0 Å². The number of nitrogens with zero attached hydrogens (tertiary/aromatic N) is 1. The normalized spacial score (nSPS) is 13.7. The zero-order valence-electron chi connectivity index (χ0n) is 39.5. The second-order valence-electron chi connectivity index (χ2n) is 20.0. The molecule has 0 radical (unpaired) electrons. The van der Waals surface area contributed by atoms with Crippen LogP contribution in [0.25, 0.3) is 88.3 Å². The van der Waals surface area contributed by atoms with E-state index < -0.39 is 0 Å². The molecule has 0 atom stereocenters. The SMILES string of the molecule is CC1(C)c2ccccc2-c2ccc(-c3ccc(N(c4ccc(-c5ccccc5-c5cccc6c5C(C)(C)c5ccccc5-6)cc4)c4ccccc4-c4cccc5c4ccc4ccccc45)cc3)cc21. The summed E-state index contributed by atoms with van der Waals surface area (Å²) in [4.78, 5) is 2.45. The van der Waals surface area contributed by atoms with Crippen molar-refractivity contribution in [3.8, 4) is 66.8 Å². The fourth-order valence-electron chi connectivity index (χ4n) is 12.1. The van der Waals surface area contributed by atoms with Gasteiger partial charge in [0.1, 0.15) is 0 Å². The minimum Gasteiger partial charge on any atom is -0.310 e. The van der Waals surface area contributed by atoms with E-state index in [0.29, 0.717) is 0 Å². The molecule has 0 saturated heterocycles. The lowest BCUT2D eigenvalue weighted by Gasteiger charge is -2.29. The van der Waals surface area contributed by atoms with Crippen molar-refractivity contribution in [1.29, 1.82) is 0 Å². The first kappa shape index (κ1) is 41.0. The Hall–Kier alpha value is -8.26. The summed E-state index contributed by atoms with van der Waals surface area (Å²) in [6.45, 7) is 9.47. The number of para-hydroxylation sites is 1. The zero-order chi connectivity index (χ0) is 46.4. The molecule has 328 valence electrons. The first-order valence-corrected chi connectivity index (χ1v) is 24.3. The van der Waals surface area contributed by atoms with E-state index in [2.05, 4.69) is 269 Å². The third-order valence-corrected chi connectivity index (χ3v) is 15.5. The monoisotopic (exact) mass is 881 g/mol. The Morgan fingerprint density at radius 1 is 0.275 bits per heavy atom. The summed E-state index contributed by atoms with van der Waals surface area (Å²) < 4.78 is 0. The van der Waals surface area contributed by atoms with Gasteiger partial charge in [-0.05, 0) is 141 Å². The first-order chi connectivity index (χ1) is 33.8. The lowest BCUT2D eigenvalue weighted by molar-refractivity contribution is 0.660. The van der Waals surface area contributed by atoms with Crippen LogP contribution < -0.4 is 4.90 Å². The predicted molar refractivity (Wildman–Crippen MR) is 293 cm³/mol. The van der Waals surface area contributed by atoms with E-state index >= 15 is 0 Å². The van der Waals surface area contributed by atoms with Crippen molar-refractivity contribution in [2.75, 3.05) is 4.90 Å². The van der Waals surface area contributed by atoms with Crippen LogP contribution in [0.2, 0.25) is 0 Å². The maximum atomic E-state index is 2.45. The fourth-order valence-corrected chi connectivity index (χ4v) is 12.1. The molecule has 0 amide bonds. The molecule has 69 heavy (non-hydrogen) atoms. The van der Waals surface area contributed by atoms with Crippen LogP contribution in [0.1, 0.15) is 49.9 Å².